The number of primary amides is 1. The average Bonchev–Trinajstić information content (AvgIpc) is 3.43. The lowest BCUT2D eigenvalue weighted by Gasteiger charge is -2.26. The van der Waals surface area contributed by atoms with Crippen molar-refractivity contribution >= 4 is 44.1 Å². The first-order valence-electron chi connectivity index (χ1n) is 9.76. The van der Waals surface area contributed by atoms with Crippen molar-refractivity contribution in [2.24, 2.45) is 5.73 Å². The van der Waals surface area contributed by atoms with Crippen LogP contribution in [0.2, 0.25) is 0 Å². The highest BCUT2D eigenvalue weighted by Crippen LogP contribution is 2.38. The summed E-state index contributed by atoms with van der Waals surface area (Å²) in [6.07, 6.45) is 0.210. The number of benzene rings is 1. The van der Waals surface area contributed by atoms with Gasteiger partial charge in [0.05, 0.1) is 23.6 Å². The summed E-state index contributed by atoms with van der Waals surface area (Å²) in [5.41, 5.74) is 6.17. The second-order valence-electron chi connectivity index (χ2n) is 7.19. The molecule has 0 atom stereocenters. The Morgan fingerprint density at radius 1 is 1.24 bits per heavy atom. The summed E-state index contributed by atoms with van der Waals surface area (Å²) < 4.78 is 37.4. The van der Waals surface area contributed by atoms with Crippen LogP contribution in [0.15, 0.2) is 45.7 Å². The number of hydrogen-bond donors (Lipinski definition) is 2. The zero-order valence-corrected chi connectivity index (χ0v) is 19.3. The largest absolute Gasteiger partial charge is 0.497 e. The van der Waals surface area contributed by atoms with E-state index in [2.05, 4.69) is 5.32 Å². The summed E-state index contributed by atoms with van der Waals surface area (Å²) >= 11 is 1.01. The molecule has 1 aromatic carbocycles. The molecule has 3 heterocycles. The minimum absolute atomic E-state index is 0.0171. The van der Waals surface area contributed by atoms with Gasteiger partial charge in [-0.1, -0.05) is 0 Å². The van der Waals surface area contributed by atoms with E-state index in [9.17, 15) is 28.1 Å². The number of furan rings is 1. The fourth-order valence-electron chi connectivity index (χ4n) is 3.54. The van der Waals surface area contributed by atoms with Crippen molar-refractivity contribution in [2.45, 2.75) is 17.9 Å². The van der Waals surface area contributed by atoms with Gasteiger partial charge in [-0.3, -0.25) is 19.7 Å². The first-order valence-corrected chi connectivity index (χ1v) is 12.0. The van der Waals surface area contributed by atoms with Crippen LogP contribution in [0, 0.1) is 10.1 Å². The topological polar surface area (TPSA) is 175 Å². The SMILES string of the molecule is COc1ccc(S(=O)(=O)N2CCc3c(sc(NC(=O)c4ccc([N+](=O)[O-])o4)c3C(N)=O)C2)cc1. The standard InChI is InChI=1S/C20H18N4O8S2/c1-31-11-2-4-12(5-3-11)34(29,30)23-9-8-13-15(10-23)33-20(17(13)18(21)25)22-19(26)14-6-7-16(32-14)24(27)28/h2-7H,8-10H2,1H3,(H2,21,25)(H,22,26). The molecule has 2 amide bonds. The number of rotatable bonds is 7. The van der Waals surface area contributed by atoms with Crippen molar-refractivity contribution in [3.63, 3.8) is 0 Å². The average molecular weight is 507 g/mol. The smallest absolute Gasteiger partial charge is 0.433 e. The third-order valence-electron chi connectivity index (χ3n) is 5.19. The van der Waals surface area contributed by atoms with E-state index in [-0.39, 0.29) is 40.7 Å². The highest BCUT2D eigenvalue weighted by atomic mass is 32.2. The number of nitro groups is 1. The molecule has 14 heteroatoms. The Hall–Kier alpha value is -3.75. The molecule has 178 valence electrons. The number of nitrogens with one attached hydrogen (secondary N) is 1. The number of anilines is 1. The predicted octanol–water partition coefficient (Wildman–Crippen LogP) is 2.36. The number of thiophene rings is 1. The molecule has 1 aliphatic heterocycles. The number of nitrogens with two attached hydrogens (primary N) is 1. The number of carbonyl (C=O) groups excluding carboxylic acids is 2. The molecule has 0 spiro atoms. The van der Waals surface area contributed by atoms with Gasteiger partial charge in [0.1, 0.15) is 15.7 Å². The normalized spacial score (nSPS) is 13.8. The van der Waals surface area contributed by atoms with E-state index in [0.29, 0.717) is 16.2 Å². The molecule has 12 nitrogen and oxygen atoms in total. The molecule has 3 aromatic rings. The number of hydrogen-bond acceptors (Lipinski definition) is 9. The molecule has 1 aliphatic rings. The molecular formula is C20H18N4O8S2. The van der Waals surface area contributed by atoms with Crippen LogP contribution in [-0.2, 0) is 23.0 Å². The summed E-state index contributed by atoms with van der Waals surface area (Å²) in [6, 6.07) is 8.15. The number of fused-ring (bicyclic) bond motifs is 1. The highest BCUT2D eigenvalue weighted by molar-refractivity contribution is 7.89. The fraction of sp³-hybridized carbons (Fsp3) is 0.200. The zero-order valence-electron chi connectivity index (χ0n) is 17.6. The van der Waals surface area contributed by atoms with Crippen LogP contribution >= 0.6 is 11.3 Å². The molecule has 0 saturated carbocycles. The Balaban J connectivity index is 1.61. The molecule has 34 heavy (non-hydrogen) atoms. The van der Waals surface area contributed by atoms with Gasteiger partial charge in [-0.05, 0) is 42.3 Å². The first-order chi connectivity index (χ1) is 16.1. The molecule has 0 aliphatic carbocycles. The lowest BCUT2D eigenvalue weighted by molar-refractivity contribution is -0.402. The van der Waals surface area contributed by atoms with Gasteiger partial charge in [-0.2, -0.15) is 4.31 Å². The molecular weight excluding hydrogens is 488 g/mol. The van der Waals surface area contributed by atoms with E-state index >= 15 is 0 Å². The molecule has 3 N–H and O–H groups in total. The van der Waals surface area contributed by atoms with Gasteiger partial charge in [0.25, 0.3) is 11.8 Å². The fourth-order valence-corrected chi connectivity index (χ4v) is 6.30. The predicted molar refractivity (Wildman–Crippen MR) is 120 cm³/mol. The Morgan fingerprint density at radius 2 is 1.94 bits per heavy atom. The van der Waals surface area contributed by atoms with E-state index in [0.717, 1.165) is 23.5 Å². The Bertz CT molecular complexity index is 1390. The maximum Gasteiger partial charge on any atom is 0.433 e. The first kappa shape index (κ1) is 23.4. The maximum atomic E-state index is 13.1. The van der Waals surface area contributed by atoms with Crippen molar-refractivity contribution in [1.29, 1.82) is 0 Å². The van der Waals surface area contributed by atoms with Crippen LogP contribution in [0.1, 0.15) is 31.4 Å². The van der Waals surface area contributed by atoms with Gasteiger partial charge >= 0.3 is 5.88 Å². The lowest BCUT2D eigenvalue weighted by Crippen LogP contribution is -2.35. The van der Waals surface area contributed by atoms with Crippen LogP contribution in [-0.4, -0.2) is 43.1 Å². The van der Waals surface area contributed by atoms with Gasteiger partial charge < -0.3 is 20.2 Å². The third kappa shape index (κ3) is 4.25. The molecule has 2 aromatic heterocycles. The molecule has 0 unspecified atom stereocenters. The van der Waals surface area contributed by atoms with E-state index in [1.165, 1.54) is 23.5 Å². The summed E-state index contributed by atoms with van der Waals surface area (Å²) in [6.45, 7) is 0.0902. The number of nitrogens with zero attached hydrogens (tertiary/aromatic N) is 2. The molecule has 0 saturated heterocycles. The second kappa shape index (κ2) is 8.89. The lowest BCUT2D eigenvalue weighted by atomic mass is 10.0. The van der Waals surface area contributed by atoms with E-state index in [4.69, 9.17) is 14.9 Å². The minimum atomic E-state index is -3.82. The van der Waals surface area contributed by atoms with Crippen molar-refractivity contribution < 1.29 is 32.1 Å². The van der Waals surface area contributed by atoms with Gasteiger partial charge in [-0.25, -0.2) is 8.42 Å². The quantitative estimate of drug-likeness (QED) is 0.362. The molecule has 0 bridgehead atoms. The van der Waals surface area contributed by atoms with Crippen molar-refractivity contribution in [3.8, 4) is 5.75 Å². The number of methoxy groups -OCH3 is 1. The van der Waals surface area contributed by atoms with Crippen LogP contribution in [0.25, 0.3) is 0 Å². The van der Waals surface area contributed by atoms with E-state index in [1.807, 2.05) is 0 Å². The van der Waals surface area contributed by atoms with Crippen LogP contribution in [0.4, 0.5) is 10.9 Å². The second-order valence-corrected chi connectivity index (χ2v) is 10.2. The Kier molecular flexibility index (Phi) is 6.12. The van der Waals surface area contributed by atoms with Crippen LogP contribution < -0.4 is 15.8 Å². The van der Waals surface area contributed by atoms with Crippen molar-refractivity contribution in [2.75, 3.05) is 19.0 Å². The number of ether oxygens (including phenoxy) is 1. The third-order valence-corrected chi connectivity index (χ3v) is 8.18. The molecule has 4 rings (SSSR count). The number of sulfonamides is 1. The van der Waals surface area contributed by atoms with Gasteiger partial charge in [0.15, 0.2) is 5.76 Å². The number of carbonyl (C=O) groups is 2. The van der Waals surface area contributed by atoms with Crippen LogP contribution in [0.3, 0.4) is 0 Å². The summed E-state index contributed by atoms with van der Waals surface area (Å²) in [4.78, 5) is 35.3. The van der Waals surface area contributed by atoms with Crippen molar-refractivity contribution in [1.82, 2.24) is 4.31 Å². The zero-order chi connectivity index (χ0) is 24.6. The highest BCUT2D eigenvalue weighted by Gasteiger charge is 2.33. The van der Waals surface area contributed by atoms with Crippen molar-refractivity contribution in [3.05, 3.63) is 68.3 Å². The van der Waals surface area contributed by atoms with Gasteiger partial charge in [-0.15, -0.1) is 11.3 Å². The summed E-state index contributed by atoms with van der Waals surface area (Å²) in [5, 5.41) is 13.4. The monoisotopic (exact) mass is 506 g/mol. The number of amides is 2. The maximum absolute atomic E-state index is 13.1. The Morgan fingerprint density at radius 3 is 2.53 bits per heavy atom. The van der Waals surface area contributed by atoms with Gasteiger partial charge in [0, 0.05) is 18.0 Å². The Labute approximate surface area is 197 Å². The van der Waals surface area contributed by atoms with E-state index in [1.54, 1.807) is 12.1 Å². The van der Waals surface area contributed by atoms with Crippen LogP contribution in [0.5, 0.6) is 5.75 Å². The molecule has 0 fully saturated rings. The summed E-state index contributed by atoms with van der Waals surface area (Å²) in [7, 11) is -2.34. The minimum Gasteiger partial charge on any atom is -0.497 e. The van der Waals surface area contributed by atoms with E-state index < -0.39 is 32.6 Å². The molecule has 0 radical (unpaired) electrons. The summed E-state index contributed by atoms with van der Waals surface area (Å²) in [5.74, 6) is -2.00. The van der Waals surface area contributed by atoms with Gasteiger partial charge in [0.2, 0.25) is 10.0 Å².